The Balaban J connectivity index is 0.000000293. The average Bonchev–Trinajstić information content (AvgIpc) is 1.59. The summed E-state index contributed by atoms with van der Waals surface area (Å²) in [4.78, 5) is 145. The number of pyridine rings is 1. The van der Waals surface area contributed by atoms with Crippen molar-refractivity contribution in [2.45, 2.75) is 264 Å². The van der Waals surface area contributed by atoms with E-state index in [-0.39, 0.29) is 73.7 Å². The molecule has 1 amide bonds. The molecular weight excluding hydrogens is 1530 g/mol. The van der Waals surface area contributed by atoms with Crippen LogP contribution in [0.25, 0.3) is 11.3 Å². The maximum absolute atomic E-state index is 14.8. The number of carbonyl (C=O) groups is 9. The van der Waals surface area contributed by atoms with E-state index in [2.05, 4.69) is 23.1 Å². The number of likely N-dealkylation sites (N-methyl/N-ethyl adjacent to an activating group) is 2. The second-order valence-corrected chi connectivity index (χ2v) is 33.4. The molecule has 1 aromatic carbocycles. The number of unbranched alkanes of at least 4 members (excludes halogenated alkanes) is 1. The van der Waals surface area contributed by atoms with Crippen LogP contribution in [0.4, 0.5) is 9.59 Å². The number of hydrogen-bond donors (Lipinski definition) is 1. The molecule has 5 aliphatic rings. The molecule has 24 atom stereocenters. The molecule has 2 unspecified atom stereocenters. The second-order valence-electron chi connectivity index (χ2n) is 33.0. The van der Waals surface area contributed by atoms with E-state index < -0.39 is 161 Å². The topological polar surface area (TPSA) is 334 Å². The molecule has 29 nitrogen and oxygen atoms in total. The van der Waals surface area contributed by atoms with E-state index in [0.717, 1.165) is 21.6 Å². The molecule has 5 aliphatic heterocycles. The van der Waals surface area contributed by atoms with Crippen molar-refractivity contribution in [3.8, 4) is 11.3 Å². The first-order valence-electron chi connectivity index (χ1n) is 40.5. The van der Waals surface area contributed by atoms with Crippen LogP contribution in [0, 0.1) is 48.3 Å². The van der Waals surface area contributed by atoms with E-state index in [4.69, 9.17) is 68.7 Å². The third-order valence-electron chi connectivity index (χ3n) is 24.2. The maximum atomic E-state index is 14.8. The number of methoxy groups -OCH3 is 2. The third-order valence-corrected chi connectivity index (χ3v) is 24.4. The van der Waals surface area contributed by atoms with Crippen LogP contribution in [0.2, 0.25) is 5.15 Å². The van der Waals surface area contributed by atoms with Crippen molar-refractivity contribution in [3.63, 3.8) is 0 Å². The minimum absolute atomic E-state index is 0.0512. The molecule has 30 heteroatoms. The highest BCUT2D eigenvalue weighted by molar-refractivity contribution is 6.29. The summed E-state index contributed by atoms with van der Waals surface area (Å²) in [6.45, 7) is 34.6. The molecule has 117 heavy (non-hydrogen) atoms. The third kappa shape index (κ3) is 21.1. The zero-order chi connectivity index (χ0) is 86.7. The lowest BCUT2D eigenvalue weighted by Gasteiger charge is -2.47. The molecule has 3 aromatic heterocycles. The molecule has 4 fully saturated rings. The fraction of sp³-hybridized carbons (Fsp3) is 0.632. The molecule has 0 radical (unpaired) electrons. The van der Waals surface area contributed by atoms with Gasteiger partial charge in [-0.25, -0.2) is 33.9 Å². The molecule has 1 N–H and O–H groups in total. The van der Waals surface area contributed by atoms with Gasteiger partial charge in [0.1, 0.15) is 53.2 Å². The molecule has 4 aromatic rings. The zero-order valence-electron chi connectivity index (χ0n) is 71.8. The predicted molar refractivity (Wildman–Crippen MR) is 434 cm³/mol. The Morgan fingerprint density at radius 3 is 1.79 bits per heavy atom. The lowest BCUT2D eigenvalue weighted by atomic mass is 9.72. The number of aromatic nitrogens is 5. The number of Topliss-reactive ketones (excluding diaryl/α,β-unsaturated/α-hetero) is 4. The number of benzene rings is 1. The normalized spacial score (nSPS) is 35.0. The van der Waals surface area contributed by atoms with Crippen molar-refractivity contribution in [3.05, 3.63) is 127 Å². The number of esters is 3. The minimum Gasteiger partial charge on any atom is -0.457 e. The Labute approximate surface area is 693 Å². The number of carbonyl (C=O) groups excluding carboxylic acids is 9. The summed E-state index contributed by atoms with van der Waals surface area (Å²) >= 11 is 5.98. The number of rotatable bonds is 21. The first-order chi connectivity index (χ1) is 55.1. The lowest BCUT2D eigenvalue weighted by molar-refractivity contribution is -0.295. The van der Waals surface area contributed by atoms with Crippen molar-refractivity contribution in [2.75, 3.05) is 49.0 Å². The van der Waals surface area contributed by atoms with Gasteiger partial charge in [0.15, 0.2) is 47.2 Å². The Hall–Kier alpha value is -8.23. The molecule has 0 bridgehead atoms. The summed E-state index contributed by atoms with van der Waals surface area (Å²) < 4.78 is 71.9. The molecule has 8 heterocycles. The van der Waals surface area contributed by atoms with Gasteiger partial charge in [-0.3, -0.25) is 33.7 Å². The number of hydrogen-bond acceptors (Lipinski definition) is 26. The summed E-state index contributed by atoms with van der Waals surface area (Å²) in [5.41, 5.74) is -3.90. The number of aryl methyl sites for hydroxylation is 2. The Bertz CT molecular complexity index is 4160. The van der Waals surface area contributed by atoms with E-state index in [1.165, 1.54) is 65.0 Å². The number of aliphatic hydroxyl groups is 1. The highest BCUT2D eigenvalue weighted by Gasteiger charge is 2.62. The largest absolute Gasteiger partial charge is 0.457 e. The SMILES string of the molecule is C=C[C@]1(OC(=O)n2ccnc2)/C=C(\C)C(=O)[C@H](C)C[C@](C)(OC)[C@H](OC2O[C@H](C)C[C@H](N(C)C)[C@H]2OC(=O)c2ccccc2)[C@@H](C)C(=O)[C@@H](C)C(=O)O[C@@H]1CC.C=C[C@]12OC(=O)N(CCCCn3cc(-c4ccc(Cl)nc4)nc3C)[C@@H]1[C@@H](C)C(=O)[C@H](C)C[C@](C)(OC)[C@H](OC1O[C@H](C)C[C@H](N(C)C)[C@H]1O)[C@@H](C)C(=O)[C@@H](C)C(=O)O[C@@H]2CC. The number of fused-ring (bicyclic) bond motifs is 1. The number of ketones is 4. The summed E-state index contributed by atoms with van der Waals surface area (Å²) in [6, 6.07) is 10.6. The number of ether oxygens (including phenoxy) is 11. The van der Waals surface area contributed by atoms with Crippen LogP contribution in [0.3, 0.4) is 0 Å². The summed E-state index contributed by atoms with van der Waals surface area (Å²) in [5, 5.41) is 11.9. The molecule has 4 saturated heterocycles. The molecule has 0 saturated carbocycles. The van der Waals surface area contributed by atoms with E-state index >= 15 is 0 Å². The first-order valence-corrected chi connectivity index (χ1v) is 40.9. The standard InChI is InChI=1S/C45H66ClN5O10.C42H57N3O11/c1-13-34-45(14-2)39(51(43(56)61-45)20-16-15-19-50-24-32(48-30(50)8)31-17-18-35(46)47-23-31)27(5)36(52)25(3)22-44(9,57-12)40(28(6)37(53)29(7)41(55)59-34)60-42-38(54)33(49(10)11)21-26(4)58-42;1-12-32-42(13-2,56-40(50)45-20-19-43-24-45)23-26(4)33(46)25(3)22-41(8,51-11)36(28(6)34(47)29(7)37(48)53-32)55-39-35(31(44(9)10)21-27(5)52-39)54-38(49)30-17-15-14-16-18-30/h14,17-18,23-29,33-34,38-40,42,54H,2,13,15-16,19-22H2,1,3-12H3;13-20,23-25,27-29,31-32,35-36,39H,2,12,21-22H2,1,3-11H3/b;26-23+/t25-,26-,27+,28+,29-,33+,34-,38-,39-,40-,42?,44+,45-;25-,27-,28+,29-,31+,32-,35-,36-,39?,41+,42+/m11/s1. The number of cyclic esters (lactones) is 2. The number of nitrogens with zero attached hydrogens (tertiary/aromatic N) is 8. The van der Waals surface area contributed by atoms with Gasteiger partial charge in [0.25, 0.3) is 0 Å². The number of amides is 1. The number of allylic oxidation sites excluding steroid dienone is 1. The van der Waals surface area contributed by atoms with E-state index in [0.29, 0.717) is 42.9 Å². The van der Waals surface area contributed by atoms with E-state index in [1.54, 1.807) is 117 Å². The molecule has 644 valence electrons. The van der Waals surface area contributed by atoms with Gasteiger partial charge in [-0.15, -0.1) is 0 Å². The van der Waals surface area contributed by atoms with Gasteiger partial charge < -0.3 is 71.6 Å². The predicted octanol–water partition coefficient (Wildman–Crippen LogP) is 11.6. The average molecular weight is 1650 g/mol. The quantitative estimate of drug-likeness (QED) is 0.0202. The summed E-state index contributed by atoms with van der Waals surface area (Å²) in [5.74, 6) is -9.86. The van der Waals surface area contributed by atoms with Crippen molar-refractivity contribution < 1.29 is 100 Å². The van der Waals surface area contributed by atoms with Crippen molar-refractivity contribution in [2.24, 2.45) is 41.4 Å². The van der Waals surface area contributed by atoms with Gasteiger partial charge in [-0.05, 0) is 183 Å². The summed E-state index contributed by atoms with van der Waals surface area (Å²) in [6.07, 6.45) is 3.75. The van der Waals surface area contributed by atoms with Gasteiger partial charge in [0.2, 0.25) is 0 Å². The van der Waals surface area contributed by atoms with Gasteiger partial charge in [-0.1, -0.05) is 91.4 Å². The Morgan fingerprint density at radius 2 is 1.26 bits per heavy atom. The van der Waals surface area contributed by atoms with Gasteiger partial charge in [0.05, 0.1) is 59.0 Å². The van der Waals surface area contributed by atoms with Crippen LogP contribution < -0.4 is 0 Å². The smallest absolute Gasteiger partial charge is 0.420 e. The molecular formula is C87H123ClN8O21. The minimum atomic E-state index is -1.80. The lowest BCUT2D eigenvalue weighted by Crippen LogP contribution is -2.60. The Morgan fingerprint density at radius 1 is 0.709 bits per heavy atom. The highest BCUT2D eigenvalue weighted by Crippen LogP contribution is 2.46. The highest BCUT2D eigenvalue weighted by atomic mass is 35.5. The fourth-order valence-corrected chi connectivity index (χ4v) is 17.4. The maximum Gasteiger partial charge on any atom is 0.420 e. The number of imidazole rings is 2. The summed E-state index contributed by atoms with van der Waals surface area (Å²) in [7, 11) is 10.4. The monoisotopic (exact) mass is 1650 g/mol. The van der Waals surface area contributed by atoms with Crippen LogP contribution in [0.5, 0.6) is 0 Å². The van der Waals surface area contributed by atoms with Crippen molar-refractivity contribution in [1.29, 1.82) is 0 Å². The molecule has 0 aliphatic carbocycles. The van der Waals surface area contributed by atoms with Crippen molar-refractivity contribution >= 4 is 64.8 Å². The van der Waals surface area contributed by atoms with Crippen LogP contribution in [0.1, 0.15) is 164 Å². The van der Waals surface area contributed by atoms with Crippen LogP contribution >= 0.6 is 11.6 Å². The van der Waals surface area contributed by atoms with Gasteiger partial charge in [0, 0.05) is 93.3 Å². The van der Waals surface area contributed by atoms with Gasteiger partial charge >= 0.3 is 30.1 Å². The van der Waals surface area contributed by atoms with Crippen LogP contribution in [-0.4, -0.2) is 248 Å². The van der Waals surface area contributed by atoms with Gasteiger partial charge in [-0.2, -0.15) is 0 Å². The fourth-order valence-electron chi connectivity index (χ4n) is 17.3. The second kappa shape index (κ2) is 40.2. The molecule has 0 spiro atoms. The van der Waals surface area contributed by atoms with Crippen molar-refractivity contribution in [1.82, 2.24) is 38.8 Å². The van der Waals surface area contributed by atoms with E-state index in [1.807, 2.05) is 75.6 Å². The van der Waals surface area contributed by atoms with E-state index in [9.17, 15) is 48.3 Å². The molecule has 9 rings (SSSR count). The van der Waals surface area contributed by atoms with Crippen LogP contribution in [0.15, 0.2) is 111 Å². The zero-order valence-corrected chi connectivity index (χ0v) is 72.5. The number of aliphatic hydroxyl groups excluding tert-OH is 1. The number of halogens is 1. The van der Waals surface area contributed by atoms with Crippen LogP contribution in [-0.2, 0) is 87.4 Å². The Kier molecular flexibility index (Phi) is 32.4. The first kappa shape index (κ1) is 94.3.